The van der Waals surface area contributed by atoms with Crippen LogP contribution in [-0.4, -0.2) is 6.67 Å². The minimum absolute atomic E-state index is 0.508. The lowest BCUT2D eigenvalue weighted by molar-refractivity contribution is 0.816. The second-order valence-electron chi connectivity index (χ2n) is 8.22. The normalized spacial score (nSPS) is 14.2. The summed E-state index contributed by atoms with van der Waals surface area (Å²) >= 11 is 0. The van der Waals surface area contributed by atoms with Crippen molar-refractivity contribution in [2.75, 3.05) is 16.5 Å². The maximum absolute atomic E-state index is 2.42. The van der Waals surface area contributed by atoms with E-state index in [2.05, 4.69) is 101 Å². The van der Waals surface area contributed by atoms with Gasteiger partial charge in [0.15, 0.2) is 0 Å². The van der Waals surface area contributed by atoms with Gasteiger partial charge in [0.1, 0.15) is 0 Å². The van der Waals surface area contributed by atoms with Gasteiger partial charge in [-0.25, -0.2) is 0 Å². The number of hydrogen-bond donors (Lipinski definition) is 0. The highest BCUT2D eigenvalue weighted by Gasteiger charge is 2.24. The van der Waals surface area contributed by atoms with Crippen molar-refractivity contribution in [3.05, 3.63) is 70.5 Å². The van der Waals surface area contributed by atoms with Crippen molar-refractivity contribution in [3.63, 3.8) is 0 Å². The monoisotopic (exact) mass is 348 g/mol. The Hall–Kier alpha value is -2.22. The van der Waals surface area contributed by atoms with Crippen LogP contribution in [0.5, 0.6) is 0 Å². The Labute approximate surface area is 159 Å². The van der Waals surface area contributed by atoms with Gasteiger partial charge < -0.3 is 9.80 Å². The van der Waals surface area contributed by atoms with E-state index in [4.69, 9.17) is 0 Å². The van der Waals surface area contributed by atoms with Crippen LogP contribution >= 0.6 is 0 Å². The first kappa shape index (κ1) is 18.6. The third-order valence-corrected chi connectivity index (χ3v) is 5.28. The second kappa shape index (κ2) is 7.19. The number of rotatable bonds is 4. The minimum atomic E-state index is 0.508. The molecule has 1 aliphatic heterocycles. The Morgan fingerprint density at radius 1 is 0.731 bits per heavy atom. The average molecular weight is 349 g/mol. The summed E-state index contributed by atoms with van der Waals surface area (Å²) in [6.45, 7) is 16.6. The zero-order valence-corrected chi connectivity index (χ0v) is 17.3. The smallest absolute Gasteiger partial charge is 0.0989 e. The molecule has 3 rings (SSSR count). The van der Waals surface area contributed by atoms with E-state index >= 15 is 0 Å². The van der Waals surface area contributed by atoms with Crippen LogP contribution in [0.1, 0.15) is 67.3 Å². The van der Waals surface area contributed by atoms with Gasteiger partial charge in [0, 0.05) is 23.8 Å². The molecule has 0 radical (unpaired) electrons. The number of benzene rings is 2. The van der Waals surface area contributed by atoms with E-state index in [9.17, 15) is 0 Å². The van der Waals surface area contributed by atoms with Gasteiger partial charge in [-0.2, -0.15) is 0 Å². The fraction of sp³-hybridized carbons (Fsp3) is 0.417. The molecule has 2 nitrogen and oxygen atoms in total. The van der Waals surface area contributed by atoms with Crippen LogP contribution in [0.15, 0.2) is 42.7 Å². The number of hydrogen-bond acceptors (Lipinski definition) is 2. The maximum Gasteiger partial charge on any atom is 0.0989 e. The summed E-state index contributed by atoms with van der Waals surface area (Å²) in [5.74, 6) is 1.02. The van der Waals surface area contributed by atoms with Gasteiger partial charge in [0.05, 0.1) is 6.67 Å². The van der Waals surface area contributed by atoms with Crippen molar-refractivity contribution in [1.82, 2.24) is 0 Å². The standard InChI is InChI=1S/C24H32N2/c1-16(2)21-9-8-10-22(17(3)4)24(21)26-12-11-25(15-26)23-19(6)13-18(5)14-20(23)7/h8-14,16-17H,15H2,1-7H3. The molecule has 0 saturated carbocycles. The first-order valence-electron chi connectivity index (χ1n) is 9.71. The summed E-state index contributed by atoms with van der Waals surface area (Å²) in [5, 5.41) is 0. The van der Waals surface area contributed by atoms with Gasteiger partial charge in [0.2, 0.25) is 0 Å². The predicted octanol–water partition coefficient (Wildman–Crippen LogP) is 6.61. The van der Waals surface area contributed by atoms with Crippen LogP contribution in [-0.2, 0) is 0 Å². The lowest BCUT2D eigenvalue weighted by Crippen LogP contribution is -2.27. The third kappa shape index (κ3) is 3.38. The highest BCUT2D eigenvalue weighted by atomic mass is 15.3. The van der Waals surface area contributed by atoms with Gasteiger partial charge in [-0.1, -0.05) is 63.6 Å². The molecule has 0 atom stereocenters. The van der Waals surface area contributed by atoms with Gasteiger partial charge >= 0.3 is 0 Å². The fourth-order valence-electron chi connectivity index (χ4n) is 4.18. The van der Waals surface area contributed by atoms with E-state index in [1.807, 2.05) is 0 Å². The van der Waals surface area contributed by atoms with Crippen molar-refractivity contribution < 1.29 is 0 Å². The average Bonchev–Trinajstić information content (AvgIpc) is 3.02. The molecule has 0 spiro atoms. The van der Waals surface area contributed by atoms with E-state index in [0.29, 0.717) is 11.8 Å². The summed E-state index contributed by atoms with van der Waals surface area (Å²) in [7, 11) is 0. The van der Waals surface area contributed by atoms with Gasteiger partial charge in [0.25, 0.3) is 0 Å². The number of para-hydroxylation sites is 1. The summed E-state index contributed by atoms with van der Waals surface area (Å²) < 4.78 is 0. The molecule has 0 aromatic heterocycles. The summed E-state index contributed by atoms with van der Waals surface area (Å²) in [4.78, 5) is 4.80. The molecule has 0 unspecified atom stereocenters. The molecule has 1 aliphatic rings. The topological polar surface area (TPSA) is 6.48 Å². The number of aryl methyl sites for hydroxylation is 3. The highest BCUT2D eigenvalue weighted by Crippen LogP contribution is 2.38. The Balaban J connectivity index is 1.99. The largest absolute Gasteiger partial charge is 0.328 e. The van der Waals surface area contributed by atoms with Crippen molar-refractivity contribution in [2.45, 2.75) is 60.3 Å². The Kier molecular flexibility index (Phi) is 5.13. The SMILES string of the molecule is Cc1cc(C)c(N2C=CN(c3c(C(C)C)cccc3C(C)C)C2)c(C)c1. The quantitative estimate of drug-likeness (QED) is 0.613. The van der Waals surface area contributed by atoms with Crippen LogP contribution in [0, 0.1) is 20.8 Å². The lowest BCUT2D eigenvalue weighted by Gasteiger charge is -2.29. The maximum atomic E-state index is 2.42. The first-order valence-corrected chi connectivity index (χ1v) is 9.71. The predicted molar refractivity (Wildman–Crippen MR) is 114 cm³/mol. The van der Waals surface area contributed by atoms with E-state index in [1.165, 1.54) is 39.2 Å². The molecule has 0 aliphatic carbocycles. The third-order valence-electron chi connectivity index (χ3n) is 5.28. The Morgan fingerprint density at radius 3 is 1.65 bits per heavy atom. The lowest BCUT2D eigenvalue weighted by atomic mass is 9.92. The Bertz CT molecular complexity index is 781. The molecule has 0 saturated heterocycles. The minimum Gasteiger partial charge on any atom is -0.328 e. The molecule has 0 amide bonds. The van der Waals surface area contributed by atoms with E-state index in [-0.39, 0.29) is 0 Å². The molecule has 0 N–H and O–H groups in total. The van der Waals surface area contributed by atoms with Crippen LogP contribution in [0.25, 0.3) is 0 Å². The first-order chi connectivity index (χ1) is 12.3. The van der Waals surface area contributed by atoms with Gasteiger partial charge in [-0.3, -0.25) is 0 Å². The molecule has 0 fully saturated rings. The van der Waals surface area contributed by atoms with Crippen LogP contribution < -0.4 is 9.80 Å². The Morgan fingerprint density at radius 2 is 1.19 bits per heavy atom. The molecular formula is C24H32N2. The van der Waals surface area contributed by atoms with Crippen LogP contribution in [0.4, 0.5) is 11.4 Å². The summed E-state index contributed by atoms with van der Waals surface area (Å²) in [6.07, 6.45) is 4.47. The van der Waals surface area contributed by atoms with Crippen molar-refractivity contribution in [2.24, 2.45) is 0 Å². The van der Waals surface area contributed by atoms with Crippen LogP contribution in [0.3, 0.4) is 0 Å². The zero-order valence-electron chi connectivity index (χ0n) is 17.3. The zero-order chi connectivity index (χ0) is 19.0. The molecule has 0 bridgehead atoms. The molecule has 2 heteroatoms. The summed E-state index contributed by atoms with van der Waals surface area (Å²) in [5.41, 5.74) is 9.60. The number of nitrogens with zero attached hydrogens (tertiary/aromatic N) is 2. The molecule has 138 valence electrons. The van der Waals surface area contributed by atoms with Gasteiger partial charge in [-0.15, -0.1) is 0 Å². The molecular weight excluding hydrogens is 316 g/mol. The van der Waals surface area contributed by atoms with Crippen molar-refractivity contribution in [1.29, 1.82) is 0 Å². The van der Waals surface area contributed by atoms with E-state index < -0.39 is 0 Å². The highest BCUT2D eigenvalue weighted by molar-refractivity contribution is 5.69. The van der Waals surface area contributed by atoms with E-state index in [0.717, 1.165) is 6.67 Å². The van der Waals surface area contributed by atoms with Crippen molar-refractivity contribution in [3.8, 4) is 0 Å². The molecule has 1 heterocycles. The molecule has 2 aromatic rings. The fourth-order valence-corrected chi connectivity index (χ4v) is 4.18. The van der Waals surface area contributed by atoms with Crippen LogP contribution in [0.2, 0.25) is 0 Å². The number of anilines is 2. The molecule has 2 aromatic carbocycles. The second-order valence-corrected chi connectivity index (χ2v) is 8.22. The van der Waals surface area contributed by atoms with Gasteiger partial charge in [-0.05, 0) is 54.9 Å². The van der Waals surface area contributed by atoms with E-state index in [1.54, 1.807) is 0 Å². The van der Waals surface area contributed by atoms with Crippen molar-refractivity contribution >= 4 is 11.4 Å². The summed E-state index contributed by atoms with van der Waals surface area (Å²) in [6, 6.07) is 11.3. The molecule has 26 heavy (non-hydrogen) atoms.